The Balaban J connectivity index is -0.00000154. The summed E-state index contributed by atoms with van der Waals surface area (Å²) < 4.78 is 10.2. The van der Waals surface area contributed by atoms with Gasteiger partial charge in [-0.25, -0.2) is 0 Å². The van der Waals surface area contributed by atoms with Gasteiger partial charge in [0, 0.05) is 0 Å². The predicted molar refractivity (Wildman–Crippen MR) is 192 cm³/mol. The van der Waals surface area contributed by atoms with E-state index in [1.807, 2.05) is 12.2 Å². The van der Waals surface area contributed by atoms with E-state index in [-0.39, 0.29) is 130 Å². The van der Waals surface area contributed by atoms with Crippen LogP contribution in [0.4, 0.5) is 0 Å². The molecule has 0 saturated heterocycles. The van der Waals surface area contributed by atoms with Gasteiger partial charge in [0.1, 0.15) is 0 Å². The summed E-state index contributed by atoms with van der Waals surface area (Å²) in [5.41, 5.74) is 0. The zero-order chi connectivity index (χ0) is 32.0. The van der Waals surface area contributed by atoms with Gasteiger partial charge in [0.15, 0.2) is 0 Å². The second-order valence-corrected chi connectivity index (χ2v) is 13.0. The normalized spacial score (nSPS) is 11.1. The summed E-state index contributed by atoms with van der Waals surface area (Å²) in [6.07, 6.45) is 46.7. The number of carbonyl (C=O) groups is 2. The first kappa shape index (κ1) is 52.1. The zero-order valence-corrected chi connectivity index (χ0v) is 37.8. The molecular weight excluding hydrogens is 623 g/mol. The summed E-state index contributed by atoms with van der Waals surface area (Å²) in [6, 6.07) is 0. The maximum Gasteiger partial charge on any atom is 1.00 e. The molecule has 0 N–H and O–H groups in total. The number of carbonyl (C=O) groups excluding carboxylic acids is 2. The molecule has 262 valence electrons. The van der Waals surface area contributed by atoms with Crippen LogP contribution < -0.4 is 103 Å². The molecule has 0 atom stereocenters. The number of allylic oxidation sites excluding steroid dienone is 2. The van der Waals surface area contributed by atoms with E-state index < -0.39 is 0 Å². The van der Waals surface area contributed by atoms with E-state index >= 15 is 0 Å². The van der Waals surface area contributed by atoms with Crippen LogP contribution in [-0.2, 0) is 19.1 Å². The fourth-order valence-corrected chi connectivity index (χ4v) is 5.62. The van der Waals surface area contributed by atoms with Crippen LogP contribution >= 0.6 is 0 Å². The van der Waals surface area contributed by atoms with Crippen molar-refractivity contribution >= 4 is 11.9 Å². The minimum atomic E-state index is -0.384. The summed E-state index contributed by atoms with van der Waals surface area (Å²) in [7, 11) is 0. The fraction of sp³-hybridized carbons (Fsp3) is 0.850. The van der Waals surface area contributed by atoms with Crippen molar-refractivity contribution in [2.75, 3.05) is 0 Å². The molecule has 0 aromatic heterocycles. The Morgan fingerprint density at radius 3 is 0.848 bits per heavy atom. The first-order chi connectivity index (χ1) is 21.7. The Hall–Kier alpha value is 1.69. The SMILES string of the molecule is CCCCCCCCCCCCCCCCC=COC(=O)CCC(=O)OC=CCCCCCCCCCCCCCCCC.[H-].[H-].[K+].[K+]. The van der Waals surface area contributed by atoms with Crippen molar-refractivity contribution in [3.8, 4) is 0 Å². The molecule has 4 nitrogen and oxygen atoms in total. The number of hydrogen-bond acceptors (Lipinski definition) is 4. The molecule has 0 unspecified atom stereocenters. The van der Waals surface area contributed by atoms with Crippen LogP contribution in [0.3, 0.4) is 0 Å². The number of rotatable bonds is 35. The maximum atomic E-state index is 11.8. The second kappa shape index (κ2) is 46.7. The van der Waals surface area contributed by atoms with E-state index in [0.29, 0.717) is 0 Å². The maximum absolute atomic E-state index is 11.8. The molecule has 6 heteroatoms. The van der Waals surface area contributed by atoms with Crippen molar-refractivity contribution in [1.82, 2.24) is 0 Å². The summed E-state index contributed by atoms with van der Waals surface area (Å²) in [5.74, 6) is -0.768. The van der Waals surface area contributed by atoms with Gasteiger partial charge < -0.3 is 12.3 Å². The largest absolute Gasteiger partial charge is 1.00 e. The molecule has 0 aliphatic heterocycles. The van der Waals surface area contributed by atoms with Gasteiger partial charge in [0.2, 0.25) is 0 Å². The van der Waals surface area contributed by atoms with Crippen LogP contribution in [0.1, 0.15) is 222 Å². The van der Waals surface area contributed by atoms with Gasteiger partial charge in [-0.05, 0) is 37.8 Å². The standard InChI is InChI=1S/C40H74O4.2K.2H/c1-3-5-7-9-11-13-15-17-19-21-23-25-27-29-31-33-37-43-39(41)35-36-40(42)44-38-34-32-30-28-26-24-22-20-18-16-14-12-10-8-6-4-2;;;;/h33-34,37-38H,3-32,35-36H2,1-2H3;;;;/q;2*+1;2*-1. The third kappa shape index (κ3) is 45.7. The zero-order valence-electron chi connectivity index (χ0n) is 33.6. The third-order valence-corrected chi connectivity index (χ3v) is 8.57. The van der Waals surface area contributed by atoms with E-state index in [1.54, 1.807) is 0 Å². The predicted octanol–water partition coefficient (Wildman–Crippen LogP) is 7.86. The molecule has 0 spiro atoms. The molecule has 0 fully saturated rings. The number of ether oxygens (including phenoxy) is 2. The molecule has 0 saturated carbocycles. The Bertz CT molecular complexity index is 622. The van der Waals surface area contributed by atoms with Crippen molar-refractivity contribution < 1.29 is 125 Å². The molecule has 0 aliphatic carbocycles. The molecule has 0 bridgehead atoms. The van der Waals surface area contributed by atoms with Gasteiger partial charge in [0.25, 0.3) is 0 Å². The van der Waals surface area contributed by atoms with Gasteiger partial charge in [-0.2, -0.15) is 0 Å². The first-order valence-electron chi connectivity index (χ1n) is 19.4. The summed E-state index contributed by atoms with van der Waals surface area (Å²) >= 11 is 0. The number of esters is 2. The average molecular weight is 699 g/mol. The summed E-state index contributed by atoms with van der Waals surface area (Å²) in [4.78, 5) is 23.7. The van der Waals surface area contributed by atoms with Crippen LogP contribution in [0.2, 0.25) is 0 Å². The number of hydrogen-bond donors (Lipinski definition) is 0. The topological polar surface area (TPSA) is 52.6 Å². The van der Waals surface area contributed by atoms with Crippen LogP contribution in [0.25, 0.3) is 0 Å². The molecule has 0 heterocycles. The van der Waals surface area contributed by atoms with Gasteiger partial charge in [-0.3, -0.25) is 9.59 Å². The van der Waals surface area contributed by atoms with E-state index in [1.165, 1.54) is 179 Å². The minimum absolute atomic E-state index is 0. The van der Waals surface area contributed by atoms with Crippen molar-refractivity contribution in [2.45, 2.75) is 219 Å². The molecule has 46 heavy (non-hydrogen) atoms. The van der Waals surface area contributed by atoms with Crippen molar-refractivity contribution in [1.29, 1.82) is 0 Å². The molecule has 0 aromatic rings. The van der Waals surface area contributed by atoms with Gasteiger partial charge in [0.05, 0.1) is 25.4 Å². The Labute approximate surface area is 375 Å². The van der Waals surface area contributed by atoms with E-state index in [9.17, 15) is 9.59 Å². The smallest absolute Gasteiger partial charge is 1.00 e. The van der Waals surface area contributed by atoms with Gasteiger partial charge in [-0.15, -0.1) is 0 Å². The van der Waals surface area contributed by atoms with Crippen LogP contribution in [0.5, 0.6) is 0 Å². The van der Waals surface area contributed by atoms with Crippen molar-refractivity contribution in [2.24, 2.45) is 0 Å². The van der Waals surface area contributed by atoms with Crippen LogP contribution in [0, 0.1) is 0 Å². The average Bonchev–Trinajstić information content (AvgIpc) is 3.03. The molecular formula is C40H76K2O4. The quantitative estimate of drug-likeness (QED) is 0.0293. The molecule has 0 aliphatic rings. The molecule has 0 amide bonds. The van der Waals surface area contributed by atoms with Crippen molar-refractivity contribution in [3.63, 3.8) is 0 Å². The summed E-state index contributed by atoms with van der Waals surface area (Å²) in [6.45, 7) is 4.55. The Kier molecular flexibility index (Phi) is 52.8. The minimum Gasteiger partial charge on any atom is -1.00 e. The monoisotopic (exact) mass is 699 g/mol. The first-order valence-corrected chi connectivity index (χ1v) is 19.4. The second-order valence-electron chi connectivity index (χ2n) is 13.0. The molecule has 0 rings (SSSR count). The molecule has 0 radical (unpaired) electrons. The Morgan fingerprint density at radius 2 is 0.609 bits per heavy atom. The van der Waals surface area contributed by atoms with E-state index in [2.05, 4.69) is 13.8 Å². The van der Waals surface area contributed by atoms with Gasteiger partial charge >= 0.3 is 115 Å². The van der Waals surface area contributed by atoms with Crippen molar-refractivity contribution in [3.05, 3.63) is 24.7 Å². The van der Waals surface area contributed by atoms with Gasteiger partial charge in [-0.1, -0.05) is 181 Å². The third-order valence-electron chi connectivity index (χ3n) is 8.57. The Morgan fingerprint density at radius 1 is 0.391 bits per heavy atom. The molecule has 0 aromatic carbocycles. The van der Waals surface area contributed by atoms with Crippen LogP contribution in [-0.4, -0.2) is 11.9 Å². The van der Waals surface area contributed by atoms with E-state index in [4.69, 9.17) is 9.47 Å². The van der Waals surface area contributed by atoms with E-state index in [0.717, 1.165) is 25.7 Å². The number of unbranched alkanes of at least 4 members (excludes halogenated alkanes) is 28. The van der Waals surface area contributed by atoms with Crippen LogP contribution in [0.15, 0.2) is 24.7 Å². The summed E-state index contributed by atoms with van der Waals surface area (Å²) in [5, 5.41) is 0. The fourth-order valence-electron chi connectivity index (χ4n) is 5.62.